The Labute approximate surface area is 151 Å². The van der Waals surface area contributed by atoms with Crippen molar-refractivity contribution in [3.8, 4) is 11.5 Å². The highest BCUT2D eigenvalue weighted by molar-refractivity contribution is 14.1. The molecule has 1 aliphatic carbocycles. The van der Waals surface area contributed by atoms with E-state index in [2.05, 4.69) is 36.1 Å². The van der Waals surface area contributed by atoms with Crippen molar-refractivity contribution >= 4 is 34.6 Å². The fraction of sp³-hybridized carbons (Fsp3) is 0.500. The number of esters is 1. The minimum Gasteiger partial charge on any atom is -0.493 e. The molecule has 0 radical (unpaired) electrons. The van der Waals surface area contributed by atoms with Crippen LogP contribution in [0.5, 0.6) is 11.5 Å². The molecule has 1 saturated carbocycles. The van der Waals surface area contributed by atoms with Gasteiger partial charge in [-0.15, -0.1) is 0 Å². The summed E-state index contributed by atoms with van der Waals surface area (Å²) in [6.07, 6.45) is 6.74. The highest BCUT2D eigenvalue weighted by Crippen LogP contribution is 2.37. The van der Waals surface area contributed by atoms with Crippen molar-refractivity contribution in [2.45, 2.75) is 44.6 Å². The van der Waals surface area contributed by atoms with Gasteiger partial charge in [0.1, 0.15) is 5.60 Å². The van der Waals surface area contributed by atoms with Crippen LogP contribution in [0.15, 0.2) is 18.7 Å². The second kappa shape index (κ2) is 8.04. The lowest BCUT2D eigenvalue weighted by Gasteiger charge is -2.27. The second-order valence-corrected chi connectivity index (χ2v) is 6.91. The Bertz CT molecular complexity index is 577. The van der Waals surface area contributed by atoms with Gasteiger partial charge in [0.25, 0.3) is 0 Å². The zero-order valence-electron chi connectivity index (χ0n) is 13.7. The molecule has 23 heavy (non-hydrogen) atoms. The predicted octanol–water partition coefficient (Wildman–Crippen LogP) is 4.59. The standard InChI is InChI=1S/C18H23IO4/c1-4-13-10-14(19)17(15(11-13)21-3)22-12-16(20)23-18(5-2)8-6-7-9-18/h4,10-11H,1,5-9,12H2,2-3H3. The molecular weight excluding hydrogens is 407 g/mol. The molecule has 0 atom stereocenters. The number of hydrogen-bond donors (Lipinski definition) is 0. The van der Waals surface area contributed by atoms with Crippen LogP contribution in [0, 0.1) is 3.57 Å². The fourth-order valence-corrected chi connectivity index (χ4v) is 3.73. The number of halogens is 1. The van der Waals surface area contributed by atoms with Crippen LogP contribution in [-0.2, 0) is 9.53 Å². The van der Waals surface area contributed by atoms with E-state index in [1.165, 1.54) is 0 Å². The first kappa shape index (κ1) is 18.1. The van der Waals surface area contributed by atoms with E-state index < -0.39 is 0 Å². The smallest absolute Gasteiger partial charge is 0.344 e. The summed E-state index contributed by atoms with van der Waals surface area (Å²) in [6, 6.07) is 3.77. The van der Waals surface area contributed by atoms with Crippen molar-refractivity contribution in [2.75, 3.05) is 13.7 Å². The lowest BCUT2D eigenvalue weighted by molar-refractivity contribution is -0.162. The first-order valence-corrected chi connectivity index (χ1v) is 8.96. The zero-order valence-corrected chi connectivity index (χ0v) is 15.9. The molecule has 0 aliphatic heterocycles. The van der Waals surface area contributed by atoms with Crippen LogP contribution < -0.4 is 9.47 Å². The van der Waals surface area contributed by atoms with E-state index in [1.54, 1.807) is 13.2 Å². The molecule has 1 fully saturated rings. The molecule has 0 amide bonds. The number of rotatable bonds is 7. The molecule has 0 unspecified atom stereocenters. The van der Waals surface area contributed by atoms with Crippen molar-refractivity contribution < 1.29 is 19.0 Å². The van der Waals surface area contributed by atoms with Gasteiger partial charge in [-0.3, -0.25) is 0 Å². The summed E-state index contributed by atoms with van der Waals surface area (Å²) in [5.41, 5.74) is 0.654. The van der Waals surface area contributed by atoms with Crippen molar-refractivity contribution in [1.29, 1.82) is 0 Å². The van der Waals surface area contributed by atoms with Gasteiger partial charge < -0.3 is 14.2 Å². The largest absolute Gasteiger partial charge is 0.493 e. The highest BCUT2D eigenvalue weighted by Gasteiger charge is 2.35. The Morgan fingerprint density at radius 2 is 2.09 bits per heavy atom. The van der Waals surface area contributed by atoms with Crippen molar-refractivity contribution in [3.05, 3.63) is 27.8 Å². The molecule has 126 valence electrons. The van der Waals surface area contributed by atoms with Gasteiger partial charge in [-0.1, -0.05) is 19.6 Å². The quantitative estimate of drug-likeness (QED) is 0.469. The Hall–Kier alpha value is -1.24. The highest BCUT2D eigenvalue weighted by atomic mass is 127. The van der Waals surface area contributed by atoms with E-state index in [-0.39, 0.29) is 18.2 Å². The number of carbonyl (C=O) groups is 1. The Morgan fingerprint density at radius 1 is 1.39 bits per heavy atom. The maximum Gasteiger partial charge on any atom is 0.344 e. The van der Waals surface area contributed by atoms with Gasteiger partial charge in [0, 0.05) is 0 Å². The van der Waals surface area contributed by atoms with Crippen molar-refractivity contribution in [1.82, 2.24) is 0 Å². The zero-order chi connectivity index (χ0) is 16.9. The normalized spacial score (nSPS) is 16.0. The molecule has 0 heterocycles. The summed E-state index contributed by atoms with van der Waals surface area (Å²) in [5.74, 6) is 0.831. The molecule has 0 aromatic heterocycles. The van der Waals surface area contributed by atoms with E-state index in [4.69, 9.17) is 14.2 Å². The summed E-state index contributed by atoms with van der Waals surface area (Å²) < 4.78 is 17.6. The maximum atomic E-state index is 12.2. The molecule has 5 heteroatoms. The first-order valence-electron chi connectivity index (χ1n) is 7.88. The number of carbonyl (C=O) groups excluding carboxylic acids is 1. The van der Waals surface area contributed by atoms with Gasteiger partial charge in [-0.2, -0.15) is 0 Å². The number of methoxy groups -OCH3 is 1. The maximum absolute atomic E-state index is 12.2. The first-order chi connectivity index (χ1) is 11.0. The average molecular weight is 430 g/mol. The average Bonchev–Trinajstić information content (AvgIpc) is 3.01. The van der Waals surface area contributed by atoms with Gasteiger partial charge in [0.05, 0.1) is 10.7 Å². The Morgan fingerprint density at radius 3 is 2.65 bits per heavy atom. The Kier molecular flexibility index (Phi) is 6.33. The lowest BCUT2D eigenvalue weighted by atomic mass is 9.99. The van der Waals surface area contributed by atoms with E-state index in [1.807, 2.05) is 12.1 Å². The molecule has 2 rings (SSSR count). The third kappa shape index (κ3) is 4.40. The van der Waals surface area contributed by atoms with Crippen LogP contribution in [0.4, 0.5) is 0 Å². The van der Waals surface area contributed by atoms with Gasteiger partial charge >= 0.3 is 5.97 Å². The summed E-state index contributed by atoms with van der Waals surface area (Å²) in [5, 5.41) is 0. The molecule has 0 saturated heterocycles. The molecule has 4 nitrogen and oxygen atoms in total. The lowest BCUT2D eigenvalue weighted by Crippen LogP contribution is -2.33. The van der Waals surface area contributed by atoms with Crippen LogP contribution in [0.2, 0.25) is 0 Å². The van der Waals surface area contributed by atoms with Gasteiger partial charge in [0.15, 0.2) is 18.1 Å². The SMILES string of the molecule is C=Cc1cc(I)c(OCC(=O)OC2(CC)CCCC2)c(OC)c1. The molecule has 0 bridgehead atoms. The Balaban J connectivity index is 2.03. The van der Waals surface area contributed by atoms with E-state index in [0.29, 0.717) is 11.5 Å². The molecule has 1 aromatic rings. The number of benzene rings is 1. The fourth-order valence-electron chi connectivity index (χ4n) is 2.95. The van der Waals surface area contributed by atoms with Crippen molar-refractivity contribution in [3.63, 3.8) is 0 Å². The summed E-state index contributed by atoms with van der Waals surface area (Å²) in [4.78, 5) is 12.2. The minimum absolute atomic E-state index is 0.110. The monoisotopic (exact) mass is 430 g/mol. The summed E-state index contributed by atoms with van der Waals surface area (Å²) >= 11 is 2.16. The molecule has 0 N–H and O–H groups in total. The third-order valence-electron chi connectivity index (χ3n) is 4.31. The summed E-state index contributed by atoms with van der Waals surface area (Å²) in [6.45, 7) is 5.71. The predicted molar refractivity (Wildman–Crippen MR) is 98.9 cm³/mol. The van der Waals surface area contributed by atoms with E-state index >= 15 is 0 Å². The van der Waals surface area contributed by atoms with E-state index in [9.17, 15) is 4.79 Å². The van der Waals surface area contributed by atoms with Gasteiger partial charge in [-0.25, -0.2) is 4.79 Å². The van der Waals surface area contributed by atoms with Crippen LogP contribution in [0.3, 0.4) is 0 Å². The number of ether oxygens (including phenoxy) is 3. The van der Waals surface area contributed by atoms with Crippen LogP contribution in [0.1, 0.15) is 44.6 Å². The topological polar surface area (TPSA) is 44.8 Å². The van der Waals surface area contributed by atoms with Crippen LogP contribution >= 0.6 is 22.6 Å². The number of hydrogen-bond acceptors (Lipinski definition) is 4. The molecule has 0 spiro atoms. The minimum atomic E-state index is -0.320. The van der Waals surface area contributed by atoms with Crippen molar-refractivity contribution in [2.24, 2.45) is 0 Å². The van der Waals surface area contributed by atoms with Gasteiger partial charge in [0.2, 0.25) is 0 Å². The van der Waals surface area contributed by atoms with Gasteiger partial charge in [-0.05, 0) is 72.4 Å². The molecule has 1 aromatic carbocycles. The molecule has 1 aliphatic rings. The molecular formula is C18H23IO4. The van der Waals surface area contributed by atoms with Crippen LogP contribution in [-0.4, -0.2) is 25.3 Å². The van der Waals surface area contributed by atoms with E-state index in [0.717, 1.165) is 41.2 Å². The summed E-state index contributed by atoms with van der Waals surface area (Å²) in [7, 11) is 1.58. The van der Waals surface area contributed by atoms with Crippen LogP contribution in [0.25, 0.3) is 6.08 Å². The second-order valence-electron chi connectivity index (χ2n) is 5.74. The third-order valence-corrected chi connectivity index (χ3v) is 5.11.